The number of ether oxygens (including phenoxy) is 2. The van der Waals surface area contributed by atoms with Gasteiger partial charge in [0, 0.05) is 12.8 Å². The Morgan fingerprint density at radius 3 is 2.40 bits per heavy atom. The summed E-state index contributed by atoms with van der Waals surface area (Å²) in [6, 6.07) is 7.50. The summed E-state index contributed by atoms with van der Waals surface area (Å²) in [6.07, 6.45) is 1.23. The fourth-order valence-corrected chi connectivity index (χ4v) is 2.43. The molecule has 1 aliphatic carbocycles. The summed E-state index contributed by atoms with van der Waals surface area (Å²) in [6.45, 7) is 1.85. The molecular formula is C15H19NO4. The van der Waals surface area contributed by atoms with Crippen molar-refractivity contribution in [1.82, 2.24) is 0 Å². The first-order valence-corrected chi connectivity index (χ1v) is 6.53. The van der Waals surface area contributed by atoms with Gasteiger partial charge < -0.3 is 9.47 Å². The standard InChI is InChI=1S/C15H19NO4/c1-11-6-4-5-7-12(11)16(13(17)10-19-2)15(8-9-15)14(18)20-3/h4-7H,8-10H2,1-3H3. The fraction of sp³-hybridized carbons (Fsp3) is 0.467. The van der Waals surface area contributed by atoms with Crippen LogP contribution in [0.15, 0.2) is 24.3 Å². The molecule has 1 aromatic rings. The minimum Gasteiger partial charge on any atom is -0.467 e. The number of rotatable bonds is 5. The van der Waals surface area contributed by atoms with Crippen molar-refractivity contribution in [3.05, 3.63) is 29.8 Å². The molecule has 5 heteroatoms. The lowest BCUT2D eigenvalue weighted by Crippen LogP contribution is -2.49. The van der Waals surface area contributed by atoms with Gasteiger partial charge in [-0.25, -0.2) is 4.79 Å². The number of aryl methyl sites for hydroxylation is 1. The molecule has 108 valence electrons. The van der Waals surface area contributed by atoms with E-state index in [9.17, 15) is 9.59 Å². The van der Waals surface area contributed by atoms with Crippen LogP contribution in [0.1, 0.15) is 18.4 Å². The van der Waals surface area contributed by atoms with E-state index in [1.165, 1.54) is 19.1 Å². The normalized spacial score (nSPS) is 15.6. The van der Waals surface area contributed by atoms with E-state index in [4.69, 9.17) is 9.47 Å². The molecule has 1 saturated carbocycles. The van der Waals surface area contributed by atoms with Gasteiger partial charge in [0.1, 0.15) is 12.1 Å². The molecular weight excluding hydrogens is 258 g/mol. The quantitative estimate of drug-likeness (QED) is 0.768. The zero-order valence-electron chi connectivity index (χ0n) is 12.0. The summed E-state index contributed by atoms with van der Waals surface area (Å²) >= 11 is 0. The highest BCUT2D eigenvalue weighted by atomic mass is 16.5. The maximum Gasteiger partial charge on any atom is 0.332 e. The van der Waals surface area contributed by atoms with Gasteiger partial charge in [-0.1, -0.05) is 18.2 Å². The molecule has 0 radical (unpaired) electrons. The van der Waals surface area contributed by atoms with Crippen molar-refractivity contribution in [1.29, 1.82) is 0 Å². The minimum absolute atomic E-state index is 0.0624. The van der Waals surface area contributed by atoms with E-state index in [1.54, 1.807) is 0 Å². The molecule has 20 heavy (non-hydrogen) atoms. The number of nitrogens with zero attached hydrogens (tertiary/aromatic N) is 1. The highest BCUT2D eigenvalue weighted by molar-refractivity contribution is 6.04. The van der Waals surface area contributed by atoms with Gasteiger partial charge in [0.05, 0.1) is 7.11 Å². The Balaban J connectivity index is 2.44. The summed E-state index contributed by atoms with van der Waals surface area (Å²) in [4.78, 5) is 26.0. The summed E-state index contributed by atoms with van der Waals surface area (Å²) in [5.41, 5.74) is 0.806. The van der Waals surface area contributed by atoms with Crippen LogP contribution in [0.25, 0.3) is 0 Å². The molecule has 0 aromatic heterocycles. The Kier molecular flexibility index (Phi) is 4.09. The number of esters is 1. The number of hydrogen-bond donors (Lipinski definition) is 0. The third kappa shape index (κ3) is 2.41. The summed E-state index contributed by atoms with van der Waals surface area (Å²) < 4.78 is 9.81. The first kappa shape index (κ1) is 14.5. The van der Waals surface area contributed by atoms with E-state index in [2.05, 4.69) is 0 Å². The second-order valence-electron chi connectivity index (χ2n) is 4.97. The summed E-state index contributed by atoms with van der Waals surface area (Å²) in [5, 5.41) is 0. The number of hydrogen-bond acceptors (Lipinski definition) is 4. The fourth-order valence-electron chi connectivity index (χ4n) is 2.43. The Bertz CT molecular complexity index is 522. The first-order valence-electron chi connectivity index (χ1n) is 6.53. The number of anilines is 1. The van der Waals surface area contributed by atoms with E-state index >= 15 is 0 Å². The molecule has 0 unspecified atom stereocenters. The zero-order valence-corrected chi connectivity index (χ0v) is 12.0. The van der Waals surface area contributed by atoms with Crippen LogP contribution in [-0.2, 0) is 19.1 Å². The van der Waals surface area contributed by atoms with Crippen molar-refractivity contribution in [3.63, 3.8) is 0 Å². The van der Waals surface area contributed by atoms with Gasteiger partial charge in [0.2, 0.25) is 0 Å². The largest absolute Gasteiger partial charge is 0.467 e. The van der Waals surface area contributed by atoms with E-state index in [-0.39, 0.29) is 18.5 Å². The molecule has 0 saturated heterocycles. The molecule has 0 aliphatic heterocycles. The number of para-hydroxylation sites is 1. The number of benzene rings is 1. The second kappa shape index (κ2) is 5.63. The maximum atomic E-state index is 12.4. The number of amides is 1. The molecule has 1 fully saturated rings. The molecule has 1 amide bonds. The minimum atomic E-state index is -0.865. The molecule has 0 atom stereocenters. The molecule has 0 spiro atoms. The predicted molar refractivity (Wildman–Crippen MR) is 74.5 cm³/mol. The van der Waals surface area contributed by atoms with Crippen molar-refractivity contribution in [2.45, 2.75) is 25.3 Å². The number of carbonyl (C=O) groups excluding carboxylic acids is 2. The van der Waals surface area contributed by atoms with Gasteiger partial charge in [-0.05, 0) is 31.4 Å². The summed E-state index contributed by atoms with van der Waals surface area (Å²) in [7, 11) is 2.81. The highest BCUT2D eigenvalue weighted by Gasteiger charge is 2.58. The lowest BCUT2D eigenvalue weighted by Gasteiger charge is -2.31. The lowest BCUT2D eigenvalue weighted by molar-refractivity contribution is -0.145. The average molecular weight is 277 g/mol. The van der Waals surface area contributed by atoms with Crippen molar-refractivity contribution >= 4 is 17.6 Å². The smallest absolute Gasteiger partial charge is 0.332 e. The van der Waals surface area contributed by atoms with Crippen molar-refractivity contribution < 1.29 is 19.1 Å². The van der Waals surface area contributed by atoms with Crippen LogP contribution in [0, 0.1) is 6.92 Å². The van der Waals surface area contributed by atoms with Gasteiger partial charge in [0.25, 0.3) is 5.91 Å². The number of methoxy groups -OCH3 is 2. The monoisotopic (exact) mass is 277 g/mol. The molecule has 0 heterocycles. The molecule has 5 nitrogen and oxygen atoms in total. The number of carbonyl (C=O) groups is 2. The van der Waals surface area contributed by atoms with Crippen molar-refractivity contribution in [2.75, 3.05) is 25.7 Å². The van der Waals surface area contributed by atoms with Crippen LogP contribution in [0.3, 0.4) is 0 Å². The van der Waals surface area contributed by atoms with Crippen LogP contribution >= 0.6 is 0 Å². The van der Waals surface area contributed by atoms with Gasteiger partial charge in [-0.15, -0.1) is 0 Å². The van der Waals surface area contributed by atoms with Crippen LogP contribution in [-0.4, -0.2) is 38.2 Å². The molecule has 1 aliphatic rings. The lowest BCUT2D eigenvalue weighted by atomic mass is 10.1. The van der Waals surface area contributed by atoms with E-state index in [1.807, 2.05) is 31.2 Å². The van der Waals surface area contributed by atoms with E-state index in [0.29, 0.717) is 12.8 Å². The van der Waals surface area contributed by atoms with Gasteiger partial charge >= 0.3 is 5.97 Å². The Labute approximate surface area is 118 Å². The maximum absolute atomic E-state index is 12.4. The van der Waals surface area contributed by atoms with Crippen LogP contribution < -0.4 is 4.90 Å². The Morgan fingerprint density at radius 1 is 1.25 bits per heavy atom. The average Bonchev–Trinajstić information content (AvgIpc) is 3.22. The van der Waals surface area contributed by atoms with Crippen LogP contribution in [0.2, 0.25) is 0 Å². The zero-order chi connectivity index (χ0) is 14.8. The van der Waals surface area contributed by atoms with E-state index in [0.717, 1.165) is 11.3 Å². The van der Waals surface area contributed by atoms with Gasteiger partial charge in [0.15, 0.2) is 0 Å². The van der Waals surface area contributed by atoms with Crippen molar-refractivity contribution in [3.8, 4) is 0 Å². The molecule has 1 aromatic carbocycles. The third-order valence-electron chi connectivity index (χ3n) is 3.59. The van der Waals surface area contributed by atoms with Crippen molar-refractivity contribution in [2.24, 2.45) is 0 Å². The molecule has 0 bridgehead atoms. The molecule has 0 N–H and O–H groups in total. The summed E-state index contributed by atoms with van der Waals surface area (Å²) in [5.74, 6) is -0.602. The predicted octanol–water partition coefficient (Wildman–Crippen LogP) is 1.68. The molecule has 2 rings (SSSR count). The van der Waals surface area contributed by atoms with Crippen LogP contribution in [0.4, 0.5) is 5.69 Å². The SMILES string of the molecule is COCC(=O)N(c1ccccc1C)C1(C(=O)OC)CC1. The van der Waals surface area contributed by atoms with Crippen LogP contribution in [0.5, 0.6) is 0 Å². The topological polar surface area (TPSA) is 55.8 Å². The van der Waals surface area contributed by atoms with Gasteiger partial charge in [-0.2, -0.15) is 0 Å². The second-order valence-corrected chi connectivity index (χ2v) is 4.97. The highest BCUT2D eigenvalue weighted by Crippen LogP contribution is 2.46. The Morgan fingerprint density at radius 2 is 1.90 bits per heavy atom. The van der Waals surface area contributed by atoms with E-state index < -0.39 is 5.54 Å². The first-order chi connectivity index (χ1) is 9.56. The third-order valence-corrected chi connectivity index (χ3v) is 3.59. The Hall–Kier alpha value is -1.88. The van der Waals surface area contributed by atoms with Gasteiger partial charge in [-0.3, -0.25) is 9.69 Å².